The van der Waals surface area contributed by atoms with Crippen molar-refractivity contribution in [1.82, 2.24) is 4.98 Å². The number of alkyl halides is 3. The summed E-state index contributed by atoms with van der Waals surface area (Å²) in [7, 11) is 0. The van der Waals surface area contributed by atoms with Gasteiger partial charge in [0.05, 0.1) is 11.3 Å². The molecule has 0 aliphatic heterocycles. The number of hydrogen-bond donors (Lipinski definition) is 1. The Morgan fingerprint density at radius 2 is 1.78 bits per heavy atom. The predicted octanol–water partition coefficient (Wildman–Crippen LogP) is 3.49. The van der Waals surface area contributed by atoms with Crippen LogP contribution in [0.15, 0.2) is 36.4 Å². The van der Waals surface area contributed by atoms with Crippen LogP contribution in [0.5, 0.6) is 0 Å². The molecule has 0 fully saturated rings. The number of rotatable bonds is 1. The third kappa shape index (κ3) is 2.58. The minimum Gasteiger partial charge on any atom is -0.384 e. The van der Waals surface area contributed by atoms with Gasteiger partial charge in [0.2, 0.25) is 0 Å². The molecule has 0 radical (unpaired) electrons. The van der Waals surface area contributed by atoms with Crippen LogP contribution in [0.1, 0.15) is 5.56 Å². The van der Waals surface area contributed by atoms with E-state index in [9.17, 15) is 17.6 Å². The molecule has 6 heteroatoms. The van der Waals surface area contributed by atoms with Gasteiger partial charge in [-0.25, -0.2) is 9.37 Å². The fraction of sp³-hybridized carbons (Fsp3) is 0.0833. The van der Waals surface area contributed by atoms with Crippen molar-refractivity contribution < 1.29 is 17.6 Å². The first kappa shape index (κ1) is 12.3. The fourth-order valence-corrected chi connectivity index (χ4v) is 1.51. The molecule has 2 rings (SSSR count). The average Bonchev–Trinajstić information content (AvgIpc) is 2.27. The van der Waals surface area contributed by atoms with Crippen molar-refractivity contribution in [1.29, 1.82) is 0 Å². The van der Waals surface area contributed by atoms with Gasteiger partial charge in [0.15, 0.2) is 0 Å². The average molecular weight is 256 g/mol. The van der Waals surface area contributed by atoms with Crippen LogP contribution in [0.25, 0.3) is 11.3 Å². The second kappa shape index (κ2) is 4.29. The molecule has 2 N–H and O–H groups in total. The van der Waals surface area contributed by atoms with Gasteiger partial charge >= 0.3 is 6.18 Å². The Labute approximate surface area is 100 Å². The number of aromatic nitrogens is 1. The van der Waals surface area contributed by atoms with Gasteiger partial charge < -0.3 is 5.73 Å². The number of hydrogen-bond acceptors (Lipinski definition) is 2. The van der Waals surface area contributed by atoms with E-state index in [0.29, 0.717) is 0 Å². The van der Waals surface area contributed by atoms with Crippen molar-refractivity contribution in [2.45, 2.75) is 6.18 Å². The number of halogens is 4. The first-order valence-corrected chi connectivity index (χ1v) is 4.97. The van der Waals surface area contributed by atoms with Gasteiger partial charge in [0.25, 0.3) is 0 Å². The van der Waals surface area contributed by atoms with Gasteiger partial charge in [-0.05, 0) is 24.3 Å². The maximum atomic E-state index is 13.0. The van der Waals surface area contributed by atoms with E-state index >= 15 is 0 Å². The highest BCUT2D eigenvalue weighted by molar-refractivity contribution is 5.62. The predicted molar refractivity (Wildman–Crippen MR) is 59.0 cm³/mol. The molecule has 0 bridgehead atoms. The smallest absolute Gasteiger partial charge is 0.384 e. The lowest BCUT2D eigenvalue weighted by atomic mass is 10.1. The van der Waals surface area contributed by atoms with Crippen LogP contribution in [0.4, 0.5) is 23.4 Å². The zero-order chi connectivity index (χ0) is 13.3. The summed E-state index contributed by atoms with van der Waals surface area (Å²) < 4.78 is 50.8. The Balaban J connectivity index is 2.55. The SMILES string of the molecule is Nc1cc(C(F)(F)F)cc(-c2cccc(F)c2)n1. The molecule has 0 saturated heterocycles. The Bertz CT molecular complexity index is 579. The minimum absolute atomic E-state index is 0.0122. The molecule has 0 aliphatic rings. The number of pyridine rings is 1. The lowest BCUT2D eigenvalue weighted by molar-refractivity contribution is -0.137. The molecule has 0 saturated carbocycles. The molecule has 0 unspecified atom stereocenters. The Morgan fingerprint density at radius 3 is 2.39 bits per heavy atom. The Hall–Kier alpha value is -2.11. The van der Waals surface area contributed by atoms with E-state index in [0.717, 1.165) is 18.2 Å². The van der Waals surface area contributed by atoms with Crippen molar-refractivity contribution in [2.24, 2.45) is 0 Å². The highest BCUT2D eigenvalue weighted by Crippen LogP contribution is 2.32. The molecular formula is C12H8F4N2. The normalized spacial score (nSPS) is 11.6. The van der Waals surface area contributed by atoms with Crippen LogP contribution in [-0.2, 0) is 6.18 Å². The number of nitrogens with two attached hydrogens (primary N) is 1. The number of nitrogens with zero attached hydrogens (tertiary/aromatic N) is 1. The molecule has 0 amide bonds. The van der Waals surface area contributed by atoms with Gasteiger partial charge in [0.1, 0.15) is 11.6 Å². The molecular weight excluding hydrogens is 248 g/mol. The molecule has 1 aromatic heterocycles. The summed E-state index contributed by atoms with van der Waals surface area (Å²) in [6, 6.07) is 6.73. The van der Waals surface area contributed by atoms with E-state index in [2.05, 4.69) is 4.98 Å². The number of anilines is 1. The third-order valence-electron chi connectivity index (χ3n) is 2.29. The first-order chi connectivity index (χ1) is 8.36. The largest absolute Gasteiger partial charge is 0.416 e. The summed E-state index contributed by atoms with van der Waals surface area (Å²) in [5.74, 6) is -0.811. The van der Waals surface area contributed by atoms with Crippen molar-refractivity contribution in [2.75, 3.05) is 5.73 Å². The summed E-state index contributed by atoms with van der Waals surface area (Å²) in [6.07, 6.45) is -4.51. The summed E-state index contributed by atoms with van der Waals surface area (Å²) in [5.41, 5.74) is 4.65. The molecule has 0 aliphatic carbocycles. The zero-order valence-electron chi connectivity index (χ0n) is 9.00. The summed E-state index contributed by atoms with van der Waals surface area (Å²) in [4.78, 5) is 3.77. The van der Waals surface area contributed by atoms with Crippen LogP contribution >= 0.6 is 0 Å². The summed E-state index contributed by atoms with van der Waals surface area (Å²) in [5, 5.41) is 0. The lowest BCUT2D eigenvalue weighted by Gasteiger charge is -2.09. The molecule has 0 atom stereocenters. The van der Waals surface area contributed by atoms with Gasteiger partial charge in [-0.15, -0.1) is 0 Å². The number of benzene rings is 1. The monoisotopic (exact) mass is 256 g/mol. The Morgan fingerprint density at radius 1 is 1.06 bits per heavy atom. The van der Waals surface area contributed by atoms with Gasteiger partial charge in [-0.2, -0.15) is 13.2 Å². The lowest BCUT2D eigenvalue weighted by Crippen LogP contribution is -2.07. The maximum Gasteiger partial charge on any atom is 0.416 e. The van der Waals surface area contributed by atoms with Crippen molar-refractivity contribution in [3.05, 3.63) is 47.8 Å². The minimum atomic E-state index is -4.51. The third-order valence-corrected chi connectivity index (χ3v) is 2.29. The van der Waals surface area contributed by atoms with Crippen LogP contribution in [-0.4, -0.2) is 4.98 Å². The van der Waals surface area contributed by atoms with E-state index < -0.39 is 17.6 Å². The number of nitrogen functional groups attached to an aromatic ring is 1. The van der Waals surface area contributed by atoms with Crippen molar-refractivity contribution in [3.63, 3.8) is 0 Å². The molecule has 0 spiro atoms. The van der Waals surface area contributed by atoms with Crippen LogP contribution in [0, 0.1) is 5.82 Å². The van der Waals surface area contributed by atoms with Crippen LogP contribution in [0.2, 0.25) is 0 Å². The summed E-state index contributed by atoms with van der Waals surface area (Å²) >= 11 is 0. The van der Waals surface area contributed by atoms with Crippen molar-refractivity contribution >= 4 is 5.82 Å². The van der Waals surface area contributed by atoms with Crippen LogP contribution in [0.3, 0.4) is 0 Å². The standard InChI is InChI=1S/C12H8F4N2/c13-9-3-1-2-7(4-9)10-5-8(12(14,15)16)6-11(17)18-10/h1-6H,(H2,17,18). The van der Waals surface area contributed by atoms with Gasteiger partial charge in [-0.1, -0.05) is 12.1 Å². The van der Waals surface area contributed by atoms with E-state index in [-0.39, 0.29) is 17.1 Å². The van der Waals surface area contributed by atoms with Crippen molar-refractivity contribution in [3.8, 4) is 11.3 Å². The maximum absolute atomic E-state index is 13.0. The second-order valence-electron chi connectivity index (χ2n) is 3.67. The quantitative estimate of drug-likeness (QED) is 0.793. The molecule has 1 aromatic carbocycles. The molecule has 2 nitrogen and oxygen atoms in total. The van der Waals surface area contributed by atoms with E-state index in [4.69, 9.17) is 5.73 Å². The molecule has 1 heterocycles. The van der Waals surface area contributed by atoms with Crippen LogP contribution < -0.4 is 5.73 Å². The van der Waals surface area contributed by atoms with E-state index in [1.165, 1.54) is 18.2 Å². The zero-order valence-corrected chi connectivity index (χ0v) is 9.00. The van der Waals surface area contributed by atoms with E-state index in [1.54, 1.807) is 0 Å². The topological polar surface area (TPSA) is 38.9 Å². The molecule has 94 valence electrons. The highest BCUT2D eigenvalue weighted by atomic mass is 19.4. The molecule has 18 heavy (non-hydrogen) atoms. The summed E-state index contributed by atoms with van der Waals surface area (Å²) in [6.45, 7) is 0. The first-order valence-electron chi connectivity index (χ1n) is 4.97. The Kier molecular flexibility index (Phi) is 2.94. The highest BCUT2D eigenvalue weighted by Gasteiger charge is 2.31. The van der Waals surface area contributed by atoms with Gasteiger partial charge in [-0.3, -0.25) is 0 Å². The van der Waals surface area contributed by atoms with E-state index in [1.807, 2.05) is 0 Å². The van der Waals surface area contributed by atoms with Gasteiger partial charge in [0, 0.05) is 5.56 Å². The second-order valence-corrected chi connectivity index (χ2v) is 3.67. The fourth-order valence-electron chi connectivity index (χ4n) is 1.51. The molecule has 2 aromatic rings.